The number of carbonyl (C=O) groups is 1. The Morgan fingerprint density at radius 1 is 0.878 bits per heavy atom. The van der Waals surface area contributed by atoms with Crippen LogP contribution in [0, 0.1) is 0 Å². The zero-order chi connectivity index (χ0) is 29.7. The Morgan fingerprint density at radius 2 is 1.37 bits per heavy atom. The summed E-state index contributed by atoms with van der Waals surface area (Å²) in [4.78, 5) is 17.1. The molecule has 0 aromatic heterocycles. The molecule has 3 rings (SSSR count). The lowest BCUT2D eigenvalue weighted by Crippen LogP contribution is -2.51. The number of hydrogen-bond acceptors (Lipinski definition) is 4. The van der Waals surface area contributed by atoms with Crippen LogP contribution in [0.3, 0.4) is 0 Å². The molecular formula is C34H43ClN3O3+. The Kier molecular flexibility index (Phi) is 12.4. The first kappa shape index (κ1) is 31.9. The van der Waals surface area contributed by atoms with E-state index in [9.17, 15) is 4.79 Å². The number of aliphatic imine (C=N–C) groups is 1. The van der Waals surface area contributed by atoms with Crippen LogP contribution < -0.4 is 14.8 Å². The summed E-state index contributed by atoms with van der Waals surface area (Å²) in [7, 11) is 5.67. The zero-order valence-electron chi connectivity index (χ0n) is 24.7. The van der Waals surface area contributed by atoms with E-state index >= 15 is 0 Å². The minimum absolute atomic E-state index is 0.0894. The van der Waals surface area contributed by atoms with E-state index in [-0.39, 0.29) is 17.1 Å². The predicted molar refractivity (Wildman–Crippen MR) is 169 cm³/mol. The van der Waals surface area contributed by atoms with Crippen LogP contribution in [0.25, 0.3) is 0 Å². The van der Waals surface area contributed by atoms with E-state index in [1.165, 1.54) is 11.1 Å². The molecule has 6 nitrogen and oxygen atoms in total. The molecule has 0 fully saturated rings. The minimum atomic E-state index is -0.247. The number of ether oxygens (including phenoxy) is 2. The first-order valence-electron chi connectivity index (χ1n) is 14.1. The van der Waals surface area contributed by atoms with Gasteiger partial charge in [0.1, 0.15) is 35.0 Å². The number of aryl methyl sites for hydroxylation is 2. The normalized spacial score (nSPS) is 12.5. The summed E-state index contributed by atoms with van der Waals surface area (Å²) in [5.74, 6) is 1.49. The third-order valence-corrected chi connectivity index (χ3v) is 7.48. The summed E-state index contributed by atoms with van der Waals surface area (Å²) in [6.45, 7) is 7.94. The predicted octanol–water partition coefficient (Wildman–Crippen LogP) is 6.74. The molecule has 1 unspecified atom stereocenters. The summed E-state index contributed by atoms with van der Waals surface area (Å²) >= 11 is 5.85. The molecule has 0 aliphatic carbocycles. The van der Waals surface area contributed by atoms with E-state index in [1.807, 2.05) is 42.5 Å². The van der Waals surface area contributed by atoms with Crippen molar-refractivity contribution in [2.75, 3.05) is 40.9 Å². The van der Waals surface area contributed by atoms with Gasteiger partial charge in [-0.15, -0.1) is 0 Å². The van der Waals surface area contributed by atoms with Crippen molar-refractivity contribution >= 4 is 23.2 Å². The molecule has 7 heteroatoms. The molecule has 0 bridgehead atoms. The average Bonchev–Trinajstić information content (AvgIpc) is 2.97. The number of benzene rings is 3. The van der Waals surface area contributed by atoms with E-state index in [0.717, 1.165) is 66.9 Å². The van der Waals surface area contributed by atoms with Crippen molar-refractivity contribution in [1.29, 1.82) is 0 Å². The van der Waals surface area contributed by atoms with Crippen molar-refractivity contribution in [3.63, 3.8) is 0 Å². The molecule has 1 atom stereocenters. The van der Waals surface area contributed by atoms with Gasteiger partial charge in [0, 0.05) is 12.8 Å². The summed E-state index contributed by atoms with van der Waals surface area (Å²) in [5.41, 5.74) is 3.93. The number of nitrogens with zero attached hydrogens (tertiary/aromatic N) is 2. The van der Waals surface area contributed by atoms with Crippen LogP contribution in [0.1, 0.15) is 42.5 Å². The number of halogens is 1. The van der Waals surface area contributed by atoms with E-state index in [2.05, 4.69) is 60.3 Å². The number of methoxy groups -OCH3 is 2. The molecule has 1 N–H and O–H groups in total. The second-order valence-corrected chi connectivity index (χ2v) is 11.1. The van der Waals surface area contributed by atoms with Crippen molar-refractivity contribution in [2.24, 2.45) is 4.99 Å². The van der Waals surface area contributed by atoms with Gasteiger partial charge in [0.05, 0.1) is 34.4 Å². The Morgan fingerprint density at radius 3 is 1.80 bits per heavy atom. The van der Waals surface area contributed by atoms with Crippen molar-refractivity contribution in [3.05, 3.63) is 107 Å². The van der Waals surface area contributed by atoms with Gasteiger partial charge in [-0.3, -0.25) is 4.79 Å². The zero-order valence-corrected chi connectivity index (χ0v) is 25.5. The maximum absolute atomic E-state index is 13.1. The second-order valence-electron chi connectivity index (χ2n) is 10.7. The maximum atomic E-state index is 13.1. The standard InChI is InChI=1S/C34H42ClN3O3/c1-26(36-27(2)35)34(39)37-33(30-13-7-6-8-14-30)25-38(3,23-9-11-28-15-19-31(40-4)20-16-28)24-10-12-29-17-21-32(41-5)22-18-29/h6-8,13-22,33H,2,9-12,23-25H2,1,3-5H3/p+1. The first-order valence-corrected chi connectivity index (χ1v) is 14.4. The van der Waals surface area contributed by atoms with Gasteiger partial charge in [-0.25, -0.2) is 4.99 Å². The summed E-state index contributed by atoms with van der Waals surface area (Å²) < 4.78 is 11.4. The Labute approximate surface area is 250 Å². The van der Waals surface area contributed by atoms with Crippen LogP contribution >= 0.6 is 11.6 Å². The Bertz CT molecular complexity index is 1220. The fraction of sp³-hybridized carbons (Fsp3) is 0.353. The van der Waals surface area contributed by atoms with Gasteiger partial charge < -0.3 is 19.3 Å². The molecule has 218 valence electrons. The molecule has 3 aromatic rings. The minimum Gasteiger partial charge on any atom is -0.497 e. The maximum Gasteiger partial charge on any atom is 0.266 e. The number of carbonyl (C=O) groups excluding carboxylic acids is 1. The summed E-state index contributed by atoms with van der Waals surface area (Å²) in [6.07, 6.45) is 3.99. The lowest BCUT2D eigenvalue weighted by molar-refractivity contribution is -0.911. The Balaban J connectivity index is 1.78. The number of amides is 1. The molecule has 0 heterocycles. The topological polar surface area (TPSA) is 59.9 Å². The van der Waals surface area contributed by atoms with Gasteiger partial charge in [0.15, 0.2) is 0 Å². The smallest absolute Gasteiger partial charge is 0.266 e. The Hall–Kier alpha value is -3.61. The number of quaternary nitrogens is 1. The highest BCUT2D eigenvalue weighted by atomic mass is 35.5. The molecule has 0 aliphatic heterocycles. The molecule has 0 spiro atoms. The van der Waals surface area contributed by atoms with Crippen LogP contribution in [-0.4, -0.2) is 57.0 Å². The third-order valence-electron chi connectivity index (χ3n) is 7.39. The van der Waals surface area contributed by atoms with Gasteiger partial charge in [0.2, 0.25) is 0 Å². The van der Waals surface area contributed by atoms with E-state index in [4.69, 9.17) is 21.1 Å². The first-order chi connectivity index (χ1) is 19.7. The number of rotatable bonds is 16. The lowest BCUT2D eigenvalue weighted by Gasteiger charge is -2.38. The van der Waals surface area contributed by atoms with Gasteiger partial charge in [-0.2, -0.15) is 0 Å². The average molecular weight is 577 g/mol. The quantitative estimate of drug-likeness (QED) is 0.117. The van der Waals surface area contributed by atoms with Gasteiger partial charge in [-0.1, -0.05) is 72.8 Å². The molecule has 1 amide bonds. The molecule has 41 heavy (non-hydrogen) atoms. The summed E-state index contributed by atoms with van der Waals surface area (Å²) in [5, 5.41) is 3.31. The molecule has 0 saturated carbocycles. The van der Waals surface area contributed by atoms with Crippen molar-refractivity contribution < 1.29 is 18.8 Å². The van der Waals surface area contributed by atoms with E-state index in [0.29, 0.717) is 5.71 Å². The van der Waals surface area contributed by atoms with Gasteiger partial charge >= 0.3 is 0 Å². The van der Waals surface area contributed by atoms with E-state index in [1.54, 1.807) is 21.1 Å². The summed E-state index contributed by atoms with van der Waals surface area (Å²) in [6, 6.07) is 26.5. The van der Waals surface area contributed by atoms with Crippen molar-refractivity contribution in [3.8, 4) is 11.5 Å². The number of hydrogen-bond donors (Lipinski definition) is 1. The van der Waals surface area contributed by atoms with Crippen LogP contribution in [0.15, 0.2) is 95.6 Å². The fourth-order valence-corrected chi connectivity index (χ4v) is 5.19. The van der Waals surface area contributed by atoms with Crippen LogP contribution in [-0.2, 0) is 17.6 Å². The second kappa shape index (κ2) is 16.0. The highest BCUT2D eigenvalue weighted by molar-refractivity contribution is 6.40. The highest BCUT2D eigenvalue weighted by Crippen LogP contribution is 2.22. The van der Waals surface area contributed by atoms with Gasteiger partial charge in [-0.05, 0) is 60.7 Å². The largest absolute Gasteiger partial charge is 0.497 e. The number of likely N-dealkylation sites (N-methyl/N-ethyl adjacent to an activating group) is 1. The van der Waals surface area contributed by atoms with Crippen molar-refractivity contribution in [2.45, 2.75) is 38.6 Å². The third kappa shape index (κ3) is 10.7. The van der Waals surface area contributed by atoms with Crippen LogP contribution in [0.2, 0.25) is 0 Å². The number of nitrogens with one attached hydrogen (secondary N) is 1. The van der Waals surface area contributed by atoms with Gasteiger partial charge in [0.25, 0.3) is 5.91 Å². The molecular weight excluding hydrogens is 534 g/mol. The van der Waals surface area contributed by atoms with Crippen LogP contribution in [0.4, 0.5) is 0 Å². The van der Waals surface area contributed by atoms with E-state index < -0.39 is 0 Å². The lowest BCUT2D eigenvalue weighted by atomic mass is 10.0. The molecule has 3 aromatic carbocycles. The van der Waals surface area contributed by atoms with Crippen LogP contribution in [0.5, 0.6) is 11.5 Å². The monoisotopic (exact) mass is 576 g/mol. The van der Waals surface area contributed by atoms with Crippen molar-refractivity contribution in [1.82, 2.24) is 5.32 Å². The highest BCUT2D eigenvalue weighted by Gasteiger charge is 2.29. The molecule has 0 radical (unpaired) electrons. The molecule has 0 saturated heterocycles. The fourth-order valence-electron chi connectivity index (χ4n) is 5.06. The SMILES string of the molecule is C=C(Cl)N=C(C)C(=O)NC(C[N+](C)(CCCc1ccc(OC)cc1)CCCc1ccc(OC)cc1)c1ccccc1. The molecule has 0 aliphatic rings.